The summed E-state index contributed by atoms with van der Waals surface area (Å²) in [7, 11) is -3.54. The molecular weight excluding hydrogens is 393 g/mol. The van der Waals surface area contributed by atoms with E-state index in [2.05, 4.69) is 5.32 Å². The first kappa shape index (κ1) is 21.4. The van der Waals surface area contributed by atoms with Crippen molar-refractivity contribution in [3.8, 4) is 0 Å². The zero-order valence-corrected chi connectivity index (χ0v) is 17.7. The maximum Gasteiger partial charge on any atom is 0.282 e. The lowest BCUT2D eigenvalue weighted by atomic mass is 10.1. The molecule has 2 N–H and O–H groups in total. The van der Waals surface area contributed by atoms with Gasteiger partial charge in [0, 0.05) is 5.69 Å². The molecule has 2 aromatic carbocycles. The number of carbonyl (C=O) groups excluding carboxylic acids is 1. The fourth-order valence-electron chi connectivity index (χ4n) is 3.44. The van der Waals surface area contributed by atoms with Crippen LogP contribution in [0.2, 0.25) is 0 Å². The molecule has 6 nitrogen and oxygen atoms in total. The molecule has 1 heterocycles. The summed E-state index contributed by atoms with van der Waals surface area (Å²) in [5.41, 5.74) is 2.54. The van der Waals surface area contributed by atoms with Crippen LogP contribution in [0.3, 0.4) is 0 Å². The van der Waals surface area contributed by atoms with Crippen LogP contribution in [0.25, 0.3) is 0 Å². The fraction of sp³-hybridized carbons (Fsp3) is 0.381. The van der Waals surface area contributed by atoms with Crippen molar-refractivity contribution in [2.24, 2.45) is 0 Å². The Morgan fingerprint density at radius 3 is 2.28 bits per heavy atom. The minimum atomic E-state index is -3.54. The van der Waals surface area contributed by atoms with Gasteiger partial charge >= 0.3 is 0 Å². The summed E-state index contributed by atoms with van der Waals surface area (Å²) in [6.45, 7) is 7.48. The number of amides is 1. The third-order valence-electron chi connectivity index (χ3n) is 5.60. The highest BCUT2D eigenvalue weighted by Gasteiger charge is 2.34. The molecule has 0 saturated carbocycles. The van der Waals surface area contributed by atoms with E-state index in [1.54, 1.807) is 12.1 Å². The number of nitrogens with one attached hydrogen (secondary N) is 2. The third kappa shape index (κ3) is 4.83. The van der Waals surface area contributed by atoms with Crippen LogP contribution >= 0.6 is 0 Å². The molecule has 1 fully saturated rings. The van der Waals surface area contributed by atoms with Crippen molar-refractivity contribution in [1.82, 2.24) is 4.31 Å². The average molecular weight is 421 g/mol. The highest BCUT2D eigenvalue weighted by atomic mass is 32.2. The number of benzene rings is 2. The van der Waals surface area contributed by atoms with Gasteiger partial charge in [-0.3, -0.25) is 4.79 Å². The van der Waals surface area contributed by atoms with Crippen LogP contribution in [0.15, 0.2) is 47.4 Å². The van der Waals surface area contributed by atoms with Gasteiger partial charge in [0.05, 0.1) is 31.1 Å². The summed E-state index contributed by atoms with van der Waals surface area (Å²) in [6, 6.07) is 10.5. The van der Waals surface area contributed by atoms with Crippen LogP contribution in [0.4, 0.5) is 10.1 Å². The quantitative estimate of drug-likeness (QED) is 0.767. The van der Waals surface area contributed by atoms with Gasteiger partial charge in [0.2, 0.25) is 10.0 Å². The topological polar surface area (TPSA) is 70.9 Å². The second-order valence-corrected chi connectivity index (χ2v) is 9.46. The molecule has 1 amide bonds. The van der Waals surface area contributed by atoms with Gasteiger partial charge in [-0.2, -0.15) is 4.31 Å². The summed E-state index contributed by atoms with van der Waals surface area (Å²) < 4.78 is 40.4. The van der Waals surface area contributed by atoms with Crippen molar-refractivity contribution in [1.29, 1.82) is 0 Å². The van der Waals surface area contributed by atoms with E-state index in [1.807, 2.05) is 26.8 Å². The van der Waals surface area contributed by atoms with Gasteiger partial charge in [-0.05, 0) is 68.3 Å². The van der Waals surface area contributed by atoms with Gasteiger partial charge in [-0.15, -0.1) is 0 Å². The first-order chi connectivity index (χ1) is 13.7. The van der Waals surface area contributed by atoms with Crippen molar-refractivity contribution >= 4 is 21.6 Å². The number of hydrogen-bond acceptors (Lipinski definition) is 3. The van der Waals surface area contributed by atoms with Crippen LogP contribution in [0.1, 0.15) is 18.1 Å². The number of carbonyl (C=O) groups is 1. The molecule has 0 radical (unpaired) electrons. The maximum absolute atomic E-state index is 13.0. The van der Waals surface area contributed by atoms with Crippen molar-refractivity contribution in [3.05, 3.63) is 59.4 Å². The number of piperazine rings is 1. The molecule has 1 atom stereocenters. The van der Waals surface area contributed by atoms with Crippen molar-refractivity contribution in [2.45, 2.75) is 31.7 Å². The van der Waals surface area contributed by atoms with E-state index in [9.17, 15) is 17.6 Å². The number of quaternary nitrogens is 1. The van der Waals surface area contributed by atoms with Gasteiger partial charge in [0.15, 0.2) is 6.04 Å². The van der Waals surface area contributed by atoms with E-state index >= 15 is 0 Å². The molecule has 0 aliphatic carbocycles. The first-order valence-corrected chi connectivity index (χ1v) is 11.1. The minimum absolute atomic E-state index is 0.169. The SMILES string of the molecule is Cc1ccc(S(=O)(=O)N2CC[NH+]([C@@H](C)C(=O)Nc3ccc(F)cc3)CC2)cc1C. The summed E-state index contributed by atoms with van der Waals surface area (Å²) in [5, 5.41) is 2.79. The standard InChI is InChI=1S/C21H26FN3O3S/c1-15-4-9-20(14-16(15)2)29(27,28)25-12-10-24(11-13-25)17(3)21(26)23-19-7-5-18(22)6-8-19/h4-9,14,17H,10-13H2,1-3H3,(H,23,26)/p+1/t17-/m0/s1. The molecule has 3 rings (SSSR count). The van der Waals surface area contributed by atoms with Crippen molar-refractivity contribution < 1.29 is 22.5 Å². The summed E-state index contributed by atoms with van der Waals surface area (Å²) >= 11 is 0. The average Bonchev–Trinajstić information content (AvgIpc) is 2.71. The molecule has 156 valence electrons. The van der Waals surface area contributed by atoms with Crippen LogP contribution in [0.5, 0.6) is 0 Å². The molecule has 1 aliphatic rings. The number of nitrogens with zero attached hydrogens (tertiary/aromatic N) is 1. The molecule has 1 saturated heterocycles. The van der Waals surface area contributed by atoms with Gasteiger partial charge in [-0.25, -0.2) is 12.8 Å². The monoisotopic (exact) mass is 420 g/mol. The first-order valence-electron chi connectivity index (χ1n) is 9.67. The second-order valence-electron chi connectivity index (χ2n) is 7.53. The summed E-state index contributed by atoms with van der Waals surface area (Å²) in [5.74, 6) is -0.528. The van der Waals surface area contributed by atoms with Crippen LogP contribution in [0, 0.1) is 19.7 Å². The molecule has 29 heavy (non-hydrogen) atoms. The van der Waals surface area contributed by atoms with E-state index < -0.39 is 10.0 Å². The van der Waals surface area contributed by atoms with E-state index in [0.717, 1.165) is 16.0 Å². The largest absolute Gasteiger partial charge is 0.323 e. The van der Waals surface area contributed by atoms with Crippen molar-refractivity contribution in [3.63, 3.8) is 0 Å². The lowest BCUT2D eigenvalue weighted by Crippen LogP contribution is -3.19. The smallest absolute Gasteiger partial charge is 0.282 e. The molecular formula is C21H27FN3O3S+. The Morgan fingerprint density at radius 2 is 1.69 bits per heavy atom. The molecule has 0 bridgehead atoms. The Balaban J connectivity index is 1.61. The van der Waals surface area contributed by atoms with E-state index in [1.165, 1.54) is 28.6 Å². The predicted octanol–water partition coefficient (Wildman–Crippen LogP) is 1.36. The zero-order chi connectivity index (χ0) is 21.2. The number of hydrogen-bond donors (Lipinski definition) is 2. The Hall–Kier alpha value is -2.29. The second kappa shape index (κ2) is 8.61. The number of halogens is 1. The Labute approximate surface area is 171 Å². The lowest BCUT2D eigenvalue weighted by Gasteiger charge is -2.34. The molecule has 0 aromatic heterocycles. The highest BCUT2D eigenvalue weighted by molar-refractivity contribution is 7.89. The normalized spacial score (nSPS) is 17.1. The number of sulfonamides is 1. The molecule has 2 aromatic rings. The molecule has 0 unspecified atom stereocenters. The van der Waals surface area contributed by atoms with Gasteiger partial charge < -0.3 is 10.2 Å². The van der Waals surface area contributed by atoms with Crippen LogP contribution in [-0.2, 0) is 14.8 Å². The van der Waals surface area contributed by atoms with E-state index in [4.69, 9.17) is 0 Å². The maximum atomic E-state index is 13.0. The fourth-order valence-corrected chi connectivity index (χ4v) is 4.97. The van der Waals surface area contributed by atoms with E-state index in [-0.39, 0.29) is 17.8 Å². The zero-order valence-electron chi connectivity index (χ0n) is 16.9. The highest BCUT2D eigenvalue weighted by Crippen LogP contribution is 2.19. The lowest BCUT2D eigenvalue weighted by molar-refractivity contribution is -0.917. The van der Waals surface area contributed by atoms with Gasteiger partial charge in [0.25, 0.3) is 5.91 Å². The molecule has 0 spiro atoms. The minimum Gasteiger partial charge on any atom is -0.323 e. The van der Waals surface area contributed by atoms with E-state index in [0.29, 0.717) is 36.8 Å². The summed E-state index contributed by atoms with van der Waals surface area (Å²) in [4.78, 5) is 13.8. The summed E-state index contributed by atoms with van der Waals surface area (Å²) in [6.07, 6.45) is 0. The van der Waals surface area contributed by atoms with Crippen molar-refractivity contribution in [2.75, 3.05) is 31.5 Å². The Kier molecular flexibility index (Phi) is 6.36. The predicted molar refractivity (Wildman–Crippen MR) is 110 cm³/mol. The van der Waals surface area contributed by atoms with Crippen LogP contribution < -0.4 is 10.2 Å². The Morgan fingerprint density at radius 1 is 1.07 bits per heavy atom. The van der Waals surface area contributed by atoms with Gasteiger partial charge in [0.1, 0.15) is 5.82 Å². The molecule has 8 heteroatoms. The molecule has 1 aliphatic heterocycles. The third-order valence-corrected chi connectivity index (χ3v) is 7.49. The van der Waals surface area contributed by atoms with Gasteiger partial charge in [-0.1, -0.05) is 6.07 Å². The number of aryl methyl sites for hydroxylation is 2. The number of anilines is 1. The Bertz CT molecular complexity index is 985. The van der Waals surface area contributed by atoms with Crippen LogP contribution in [-0.4, -0.2) is 50.9 Å². The number of rotatable bonds is 5.